The number of aromatic amines is 1. The molecule has 0 amide bonds. The monoisotopic (exact) mass is 280 g/mol. The molecule has 98 valence electrons. The average molecular weight is 280 g/mol. The van der Waals surface area contributed by atoms with Gasteiger partial charge in [-0.3, -0.25) is 9.36 Å². The smallest absolute Gasteiger partial charge is 0.182 e. The third-order valence-electron chi connectivity index (χ3n) is 3.13. The lowest BCUT2D eigenvalue weighted by molar-refractivity contribution is -0.104. The second-order valence-electron chi connectivity index (χ2n) is 4.34. The van der Waals surface area contributed by atoms with Gasteiger partial charge in [0.1, 0.15) is 6.29 Å². The second kappa shape index (κ2) is 5.27. The Labute approximate surface area is 121 Å². The third-order valence-corrected chi connectivity index (χ3v) is 3.41. The first-order chi connectivity index (χ1) is 9.81. The van der Waals surface area contributed by atoms with Crippen molar-refractivity contribution < 1.29 is 4.79 Å². The van der Waals surface area contributed by atoms with Crippen molar-refractivity contribution in [1.82, 2.24) is 9.55 Å². The van der Waals surface area contributed by atoms with Gasteiger partial charge in [-0.15, -0.1) is 0 Å². The highest BCUT2D eigenvalue weighted by Crippen LogP contribution is 2.23. The van der Waals surface area contributed by atoms with Crippen molar-refractivity contribution in [2.45, 2.75) is 0 Å². The highest BCUT2D eigenvalue weighted by atomic mass is 32.1. The molecule has 2 aromatic carbocycles. The fourth-order valence-corrected chi connectivity index (χ4v) is 2.57. The highest BCUT2D eigenvalue weighted by molar-refractivity contribution is 7.71. The molecule has 0 aliphatic heterocycles. The number of hydrogen-bond acceptors (Lipinski definition) is 2. The summed E-state index contributed by atoms with van der Waals surface area (Å²) in [7, 11) is 0. The van der Waals surface area contributed by atoms with Crippen molar-refractivity contribution in [2.75, 3.05) is 0 Å². The number of aromatic nitrogens is 2. The molecule has 0 aliphatic carbocycles. The molecule has 20 heavy (non-hydrogen) atoms. The molecule has 3 nitrogen and oxygen atoms in total. The van der Waals surface area contributed by atoms with Gasteiger partial charge in [0.25, 0.3) is 0 Å². The van der Waals surface area contributed by atoms with Crippen LogP contribution in [0.2, 0.25) is 0 Å². The molecule has 3 aromatic rings. The molecule has 0 atom stereocenters. The molecule has 4 heteroatoms. The van der Waals surface area contributed by atoms with Crippen LogP contribution in [0.1, 0.15) is 5.56 Å². The quantitative estimate of drug-likeness (QED) is 0.450. The minimum Gasteiger partial charge on any atom is -0.330 e. The Morgan fingerprint density at radius 3 is 2.50 bits per heavy atom. The summed E-state index contributed by atoms with van der Waals surface area (Å²) in [6.07, 6.45) is 2.32. The van der Waals surface area contributed by atoms with Crippen molar-refractivity contribution in [3.8, 4) is 0 Å². The van der Waals surface area contributed by atoms with E-state index in [2.05, 4.69) is 4.98 Å². The van der Waals surface area contributed by atoms with Crippen molar-refractivity contribution in [1.29, 1.82) is 0 Å². The van der Waals surface area contributed by atoms with E-state index in [-0.39, 0.29) is 0 Å². The van der Waals surface area contributed by atoms with Gasteiger partial charge in [0.2, 0.25) is 0 Å². The van der Waals surface area contributed by atoms with E-state index in [1.54, 1.807) is 0 Å². The molecule has 1 aromatic heterocycles. The number of carbonyl (C=O) groups is 1. The third kappa shape index (κ3) is 2.10. The first-order valence-corrected chi connectivity index (χ1v) is 6.63. The van der Waals surface area contributed by atoms with Crippen LogP contribution < -0.4 is 0 Å². The summed E-state index contributed by atoms with van der Waals surface area (Å²) in [5, 5.41) is 0. The van der Waals surface area contributed by atoms with Crippen LogP contribution in [-0.4, -0.2) is 15.8 Å². The van der Waals surface area contributed by atoms with Crippen LogP contribution in [-0.2, 0) is 4.79 Å². The molecule has 0 fully saturated rings. The molecular formula is C16H12N2OS. The van der Waals surface area contributed by atoms with Gasteiger partial charge in [-0.25, -0.2) is 0 Å². The minimum atomic E-state index is 0.572. The van der Waals surface area contributed by atoms with E-state index in [9.17, 15) is 4.79 Å². The zero-order valence-electron chi connectivity index (χ0n) is 10.6. The summed E-state index contributed by atoms with van der Waals surface area (Å²) in [5.41, 5.74) is 3.61. The van der Waals surface area contributed by atoms with Gasteiger partial charge in [-0.2, -0.15) is 0 Å². The van der Waals surface area contributed by atoms with Crippen LogP contribution in [0.15, 0.2) is 60.7 Å². The van der Waals surface area contributed by atoms with Gasteiger partial charge in [0.15, 0.2) is 4.77 Å². The van der Waals surface area contributed by atoms with Crippen molar-refractivity contribution in [3.05, 3.63) is 71.0 Å². The Kier molecular flexibility index (Phi) is 3.31. The van der Waals surface area contributed by atoms with Crippen LogP contribution in [0.3, 0.4) is 0 Å². The maximum Gasteiger partial charge on any atom is 0.182 e. The number of H-pyrrole nitrogens is 1. The average Bonchev–Trinajstić information content (AvgIpc) is 2.82. The highest BCUT2D eigenvalue weighted by Gasteiger charge is 2.10. The Bertz CT molecular complexity index is 844. The van der Waals surface area contributed by atoms with Crippen LogP contribution in [0.4, 0.5) is 0 Å². The molecule has 0 unspecified atom stereocenters. The van der Waals surface area contributed by atoms with Crippen LogP contribution in [0.25, 0.3) is 16.7 Å². The van der Waals surface area contributed by atoms with Crippen LogP contribution in [0, 0.1) is 4.77 Å². The SMILES string of the molecule is O=C/C=C(\c1ccccc1)n1c(=S)[nH]c2ccccc21. The first-order valence-electron chi connectivity index (χ1n) is 6.22. The molecule has 0 spiro atoms. The van der Waals surface area contributed by atoms with E-state index in [1.807, 2.05) is 59.2 Å². The Hall–Kier alpha value is -2.46. The van der Waals surface area contributed by atoms with E-state index in [0.29, 0.717) is 4.77 Å². The van der Waals surface area contributed by atoms with Gasteiger partial charge in [0.05, 0.1) is 16.7 Å². The second-order valence-corrected chi connectivity index (χ2v) is 4.72. The first kappa shape index (κ1) is 12.6. The summed E-state index contributed by atoms with van der Waals surface area (Å²) >= 11 is 5.39. The Morgan fingerprint density at radius 2 is 1.75 bits per heavy atom. The van der Waals surface area contributed by atoms with Crippen molar-refractivity contribution in [3.63, 3.8) is 0 Å². The number of fused-ring (bicyclic) bond motifs is 1. The molecule has 3 rings (SSSR count). The van der Waals surface area contributed by atoms with E-state index < -0.39 is 0 Å². The number of hydrogen-bond donors (Lipinski definition) is 1. The number of carbonyl (C=O) groups excluding carboxylic acids is 1. The lowest BCUT2D eigenvalue weighted by Crippen LogP contribution is -1.99. The maximum absolute atomic E-state index is 11.0. The number of nitrogens with one attached hydrogen (secondary N) is 1. The molecule has 0 aliphatic rings. The summed E-state index contributed by atoms with van der Waals surface area (Å²) in [6.45, 7) is 0. The lowest BCUT2D eigenvalue weighted by atomic mass is 10.1. The van der Waals surface area contributed by atoms with Gasteiger partial charge in [0, 0.05) is 6.08 Å². The van der Waals surface area contributed by atoms with Crippen molar-refractivity contribution >= 4 is 35.2 Å². The summed E-state index contributed by atoms with van der Waals surface area (Å²) < 4.78 is 2.46. The maximum atomic E-state index is 11.0. The summed E-state index contributed by atoms with van der Waals surface area (Å²) in [6, 6.07) is 17.6. The van der Waals surface area contributed by atoms with E-state index in [1.165, 1.54) is 6.08 Å². The number of allylic oxidation sites excluding steroid dienone is 1. The molecule has 0 radical (unpaired) electrons. The van der Waals surface area contributed by atoms with E-state index in [4.69, 9.17) is 12.2 Å². The van der Waals surface area contributed by atoms with Crippen molar-refractivity contribution in [2.24, 2.45) is 0 Å². The van der Waals surface area contributed by atoms with E-state index in [0.717, 1.165) is 28.6 Å². The predicted octanol–water partition coefficient (Wildman–Crippen LogP) is 3.79. The fraction of sp³-hybridized carbons (Fsp3) is 0. The number of rotatable bonds is 3. The Balaban J connectivity index is 2.32. The number of nitrogens with zero attached hydrogens (tertiary/aromatic N) is 1. The van der Waals surface area contributed by atoms with Crippen LogP contribution in [0.5, 0.6) is 0 Å². The molecule has 0 saturated carbocycles. The number of benzene rings is 2. The normalized spacial score (nSPS) is 11.7. The zero-order chi connectivity index (χ0) is 13.9. The lowest BCUT2D eigenvalue weighted by Gasteiger charge is -2.09. The van der Waals surface area contributed by atoms with Gasteiger partial charge in [-0.05, 0) is 29.9 Å². The topological polar surface area (TPSA) is 37.8 Å². The minimum absolute atomic E-state index is 0.572. The standard InChI is InChI=1S/C16H12N2OS/c19-11-10-14(12-6-2-1-3-7-12)18-15-9-5-4-8-13(15)17-16(18)20/h1-11H,(H,17,20)/b14-10+. The fourth-order valence-electron chi connectivity index (χ4n) is 2.27. The summed E-state index contributed by atoms with van der Waals surface area (Å²) in [5.74, 6) is 0. The number of para-hydroxylation sites is 2. The largest absolute Gasteiger partial charge is 0.330 e. The molecule has 0 saturated heterocycles. The zero-order valence-corrected chi connectivity index (χ0v) is 11.4. The van der Waals surface area contributed by atoms with Gasteiger partial charge >= 0.3 is 0 Å². The molecule has 0 bridgehead atoms. The van der Waals surface area contributed by atoms with E-state index >= 15 is 0 Å². The van der Waals surface area contributed by atoms with Gasteiger partial charge < -0.3 is 4.98 Å². The number of aldehydes is 1. The predicted molar refractivity (Wildman–Crippen MR) is 83.0 cm³/mol. The van der Waals surface area contributed by atoms with Crippen LogP contribution >= 0.6 is 12.2 Å². The van der Waals surface area contributed by atoms with Gasteiger partial charge in [-0.1, -0.05) is 42.5 Å². The number of imidazole rings is 1. The Morgan fingerprint density at radius 1 is 1.05 bits per heavy atom. The molecular weight excluding hydrogens is 268 g/mol. The molecule has 1 N–H and O–H groups in total. The summed E-state index contributed by atoms with van der Waals surface area (Å²) in [4.78, 5) is 14.2. The molecule has 1 heterocycles.